The van der Waals surface area contributed by atoms with Gasteiger partial charge in [0.25, 0.3) is 11.8 Å². The Morgan fingerprint density at radius 2 is 2.21 bits per heavy atom. The number of pyridine rings is 1. The predicted octanol–water partition coefficient (Wildman–Crippen LogP) is 2.25. The molecule has 0 spiro atoms. The molecule has 24 heavy (non-hydrogen) atoms. The van der Waals surface area contributed by atoms with Crippen molar-refractivity contribution < 1.29 is 14.3 Å². The summed E-state index contributed by atoms with van der Waals surface area (Å²) in [6.07, 6.45) is 3.40. The van der Waals surface area contributed by atoms with E-state index in [4.69, 9.17) is 4.74 Å². The van der Waals surface area contributed by atoms with E-state index in [0.29, 0.717) is 30.0 Å². The highest BCUT2D eigenvalue weighted by Crippen LogP contribution is 2.24. The Kier molecular flexibility index (Phi) is 4.46. The van der Waals surface area contributed by atoms with Crippen molar-refractivity contribution in [2.45, 2.75) is 19.4 Å². The van der Waals surface area contributed by atoms with Crippen LogP contribution < -0.4 is 10.1 Å². The van der Waals surface area contributed by atoms with Gasteiger partial charge in [0.05, 0.1) is 5.56 Å². The molecule has 6 heteroatoms. The van der Waals surface area contributed by atoms with Gasteiger partial charge in [0.2, 0.25) is 0 Å². The first-order valence-corrected chi connectivity index (χ1v) is 7.78. The number of nitrogens with zero attached hydrogens (tertiary/aromatic N) is 2. The van der Waals surface area contributed by atoms with Crippen LogP contribution in [0.4, 0.5) is 5.69 Å². The molecule has 2 heterocycles. The van der Waals surface area contributed by atoms with Crippen LogP contribution in [0.5, 0.6) is 5.75 Å². The summed E-state index contributed by atoms with van der Waals surface area (Å²) in [4.78, 5) is 29.7. The zero-order valence-electron chi connectivity index (χ0n) is 13.7. The fourth-order valence-electron chi connectivity index (χ4n) is 2.61. The maximum atomic E-state index is 12.2. The molecule has 3 rings (SSSR count). The SMILES string of the molecule is Cc1cc(O[C@@H]2CCN(C)C2=O)ccc1NC(=O)c1cccnc1. The Morgan fingerprint density at radius 1 is 1.38 bits per heavy atom. The standard InChI is InChI=1S/C18H19N3O3/c1-12-10-14(24-16-7-9-21(2)18(16)23)5-6-15(12)20-17(22)13-4-3-8-19-11-13/h3-6,8,10-11,16H,7,9H2,1-2H3,(H,20,22)/t16-/m1/s1. The molecule has 1 aliphatic heterocycles. The van der Waals surface area contributed by atoms with Gasteiger partial charge in [0.15, 0.2) is 6.10 Å². The highest BCUT2D eigenvalue weighted by Gasteiger charge is 2.30. The summed E-state index contributed by atoms with van der Waals surface area (Å²) < 4.78 is 5.77. The highest BCUT2D eigenvalue weighted by molar-refractivity contribution is 6.04. The number of rotatable bonds is 4. The molecule has 0 aliphatic carbocycles. The van der Waals surface area contributed by atoms with Gasteiger partial charge in [0, 0.05) is 38.1 Å². The fourth-order valence-corrected chi connectivity index (χ4v) is 2.61. The van der Waals surface area contributed by atoms with Gasteiger partial charge >= 0.3 is 0 Å². The van der Waals surface area contributed by atoms with Crippen LogP contribution >= 0.6 is 0 Å². The summed E-state index contributed by atoms with van der Waals surface area (Å²) in [5.41, 5.74) is 2.06. The van der Waals surface area contributed by atoms with Gasteiger partial charge in [-0.1, -0.05) is 0 Å². The average molecular weight is 325 g/mol. The number of ether oxygens (including phenoxy) is 1. The molecule has 1 atom stereocenters. The lowest BCUT2D eigenvalue weighted by Crippen LogP contribution is -2.29. The predicted molar refractivity (Wildman–Crippen MR) is 90.0 cm³/mol. The number of likely N-dealkylation sites (N-methyl/N-ethyl adjacent to an activating group) is 1. The van der Waals surface area contributed by atoms with Crippen molar-refractivity contribution in [1.29, 1.82) is 0 Å². The molecule has 6 nitrogen and oxygen atoms in total. The van der Waals surface area contributed by atoms with E-state index in [1.54, 1.807) is 42.4 Å². The van der Waals surface area contributed by atoms with Crippen molar-refractivity contribution in [3.8, 4) is 5.75 Å². The summed E-state index contributed by atoms with van der Waals surface area (Å²) in [6, 6.07) is 8.79. The average Bonchev–Trinajstić information content (AvgIpc) is 2.90. The third-order valence-electron chi connectivity index (χ3n) is 4.03. The van der Waals surface area contributed by atoms with Gasteiger partial charge in [0.1, 0.15) is 5.75 Å². The number of carbonyl (C=O) groups is 2. The maximum Gasteiger partial charge on any atom is 0.263 e. The number of aryl methyl sites for hydroxylation is 1. The minimum Gasteiger partial charge on any atom is -0.481 e. The van der Waals surface area contributed by atoms with E-state index in [0.717, 1.165) is 5.56 Å². The van der Waals surface area contributed by atoms with Crippen LogP contribution in [-0.2, 0) is 4.79 Å². The molecule has 1 fully saturated rings. The largest absolute Gasteiger partial charge is 0.481 e. The second-order valence-electron chi connectivity index (χ2n) is 5.83. The molecule has 124 valence electrons. The number of aromatic nitrogens is 1. The van der Waals surface area contributed by atoms with Gasteiger partial charge in [-0.15, -0.1) is 0 Å². The number of nitrogens with one attached hydrogen (secondary N) is 1. The van der Waals surface area contributed by atoms with E-state index in [9.17, 15) is 9.59 Å². The molecule has 1 aliphatic rings. The topological polar surface area (TPSA) is 71.5 Å². The number of benzene rings is 1. The van der Waals surface area contributed by atoms with Crippen LogP contribution in [0.15, 0.2) is 42.7 Å². The van der Waals surface area contributed by atoms with Gasteiger partial charge in [-0.05, 0) is 42.8 Å². The number of anilines is 1. The van der Waals surface area contributed by atoms with Crippen molar-refractivity contribution in [2.24, 2.45) is 0 Å². The third-order valence-corrected chi connectivity index (χ3v) is 4.03. The Labute approximate surface area is 140 Å². The molecular weight excluding hydrogens is 306 g/mol. The first-order chi connectivity index (χ1) is 11.5. The molecule has 1 saturated heterocycles. The lowest BCUT2D eigenvalue weighted by Gasteiger charge is -2.15. The molecule has 1 aromatic carbocycles. The summed E-state index contributed by atoms with van der Waals surface area (Å²) in [6.45, 7) is 2.59. The maximum absolute atomic E-state index is 12.2. The summed E-state index contributed by atoms with van der Waals surface area (Å²) >= 11 is 0. The Hall–Kier alpha value is -2.89. The second-order valence-corrected chi connectivity index (χ2v) is 5.83. The molecule has 0 saturated carbocycles. The molecule has 1 aromatic heterocycles. The molecule has 2 aromatic rings. The van der Waals surface area contributed by atoms with Gasteiger partial charge in [-0.3, -0.25) is 14.6 Å². The fraction of sp³-hybridized carbons (Fsp3) is 0.278. The number of hydrogen-bond acceptors (Lipinski definition) is 4. The Bertz CT molecular complexity index is 761. The minimum atomic E-state index is -0.426. The molecule has 0 unspecified atom stereocenters. The van der Waals surface area contributed by atoms with E-state index < -0.39 is 6.10 Å². The zero-order valence-corrected chi connectivity index (χ0v) is 13.7. The number of hydrogen-bond donors (Lipinski definition) is 1. The number of amides is 2. The van der Waals surface area contributed by atoms with Crippen molar-refractivity contribution in [3.63, 3.8) is 0 Å². The van der Waals surface area contributed by atoms with Crippen LogP contribution in [0.25, 0.3) is 0 Å². The Morgan fingerprint density at radius 3 is 2.83 bits per heavy atom. The van der Waals surface area contributed by atoms with E-state index in [2.05, 4.69) is 10.3 Å². The Balaban J connectivity index is 1.69. The molecule has 1 N–H and O–H groups in total. The first kappa shape index (κ1) is 16.0. The molecular formula is C18H19N3O3. The number of carbonyl (C=O) groups excluding carboxylic acids is 2. The zero-order chi connectivity index (χ0) is 17.1. The molecule has 0 bridgehead atoms. The van der Waals surface area contributed by atoms with E-state index in [-0.39, 0.29) is 11.8 Å². The summed E-state index contributed by atoms with van der Waals surface area (Å²) in [5, 5.41) is 2.85. The van der Waals surface area contributed by atoms with Crippen LogP contribution in [0.2, 0.25) is 0 Å². The highest BCUT2D eigenvalue weighted by atomic mass is 16.5. The quantitative estimate of drug-likeness (QED) is 0.936. The van der Waals surface area contributed by atoms with Crippen LogP contribution in [0.3, 0.4) is 0 Å². The summed E-state index contributed by atoms with van der Waals surface area (Å²) in [5.74, 6) is 0.412. The van der Waals surface area contributed by atoms with Crippen molar-refractivity contribution in [3.05, 3.63) is 53.9 Å². The first-order valence-electron chi connectivity index (χ1n) is 7.78. The monoisotopic (exact) mass is 325 g/mol. The summed E-state index contributed by atoms with van der Waals surface area (Å²) in [7, 11) is 1.77. The normalized spacial score (nSPS) is 17.0. The van der Waals surface area contributed by atoms with Crippen molar-refractivity contribution in [1.82, 2.24) is 9.88 Å². The van der Waals surface area contributed by atoms with E-state index in [1.165, 1.54) is 6.20 Å². The van der Waals surface area contributed by atoms with Crippen LogP contribution in [0.1, 0.15) is 22.3 Å². The molecule has 2 amide bonds. The third kappa shape index (κ3) is 3.37. The molecule has 0 radical (unpaired) electrons. The second kappa shape index (κ2) is 6.70. The lowest BCUT2D eigenvalue weighted by molar-refractivity contribution is -0.132. The van der Waals surface area contributed by atoms with Crippen molar-refractivity contribution >= 4 is 17.5 Å². The van der Waals surface area contributed by atoms with E-state index in [1.807, 2.05) is 13.0 Å². The van der Waals surface area contributed by atoms with Crippen LogP contribution in [0, 0.1) is 6.92 Å². The van der Waals surface area contributed by atoms with Gasteiger partial charge in [-0.2, -0.15) is 0 Å². The van der Waals surface area contributed by atoms with Gasteiger partial charge in [-0.25, -0.2) is 0 Å². The van der Waals surface area contributed by atoms with E-state index >= 15 is 0 Å². The smallest absolute Gasteiger partial charge is 0.263 e. The van der Waals surface area contributed by atoms with Crippen molar-refractivity contribution in [2.75, 3.05) is 18.9 Å². The number of likely N-dealkylation sites (tertiary alicyclic amines) is 1. The van der Waals surface area contributed by atoms with Crippen LogP contribution in [-0.4, -0.2) is 41.4 Å². The lowest BCUT2D eigenvalue weighted by atomic mass is 10.1. The van der Waals surface area contributed by atoms with Gasteiger partial charge < -0.3 is 15.0 Å². The minimum absolute atomic E-state index is 0.00149.